The van der Waals surface area contributed by atoms with E-state index >= 15 is 0 Å². The molecule has 1 saturated heterocycles. The van der Waals surface area contributed by atoms with E-state index in [0.29, 0.717) is 0 Å². The number of benzene rings is 2. The summed E-state index contributed by atoms with van der Waals surface area (Å²) in [5, 5.41) is 11.0. The van der Waals surface area contributed by atoms with Crippen LogP contribution in [0.3, 0.4) is 0 Å². The summed E-state index contributed by atoms with van der Waals surface area (Å²) in [6.07, 6.45) is 0.934. The molecule has 156 valence electrons. The summed E-state index contributed by atoms with van der Waals surface area (Å²) in [4.78, 5) is 9.56. The van der Waals surface area contributed by atoms with Crippen molar-refractivity contribution in [2.45, 2.75) is 39.8 Å². The first-order valence-electron chi connectivity index (χ1n) is 10.6. The highest BCUT2D eigenvalue weighted by atomic mass is 32.1. The minimum Gasteiger partial charge on any atom is -0.491 e. The first-order chi connectivity index (χ1) is 14.6. The van der Waals surface area contributed by atoms with Crippen LogP contribution in [0.25, 0.3) is 10.2 Å². The fourth-order valence-corrected chi connectivity index (χ4v) is 4.99. The van der Waals surface area contributed by atoms with Crippen LogP contribution in [0.4, 0.5) is 5.69 Å². The largest absolute Gasteiger partial charge is 0.491 e. The van der Waals surface area contributed by atoms with Gasteiger partial charge in [0.15, 0.2) is 0 Å². The van der Waals surface area contributed by atoms with Crippen molar-refractivity contribution >= 4 is 27.2 Å². The molecule has 2 aromatic carbocycles. The molecule has 0 unspecified atom stereocenters. The van der Waals surface area contributed by atoms with Crippen molar-refractivity contribution in [2.24, 2.45) is 0 Å². The Labute approximate surface area is 182 Å². The molecule has 0 N–H and O–H groups in total. The minimum atomic E-state index is 0.112. The Morgan fingerprint density at radius 2 is 1.93 bits per heavy atom. The second-order valence-corrected chi connectivity index (χ2v) is 9.06. The predicted molar refractivity (Wildman–Crippen MR) is 123 cm³/mol. The lowest BCUT2D eigenvalue weighted by atomic mass is 10.0. The number of rotatable bonds is 6. The smallest absolute Gasteiger partial charge is 0.122 e. The molecular weight excluding hydrogens is 392 g/mol. The van der Waals surface area contributed by atoms with Crippen LogP contribution >= 0.6 is 11.3 Å². The zero-order valence-electron chi connectivity index (χ0n) is 17.9. The Morgan fingerprint density at radius 3 is 2.60 bits per heavy atom. The summed E-state index contributed by atoms with van der Waals surface area (Å²) in [7, 11) is 0. The molecule has 30 heavy (non-hydrogen) atoms. The van der Waals surface area contributed by atoms with Gasteiger partial charge in [0.05, 0.1) is 34.1 Å². The van der Waals surface area contributed by atoms with Gasteiger partial charge in [-0.25, -0.2) is 4.98 Å². The van der Waals surface area contributed by atoms with Gasteiger partial charge in [0.25, 0.3) is 0 Å². The summed E-state index contributed by atoms with van der Waals surface area (Å²) < 4.78 is 7.21. The molecule has 0 atom stereocenters. The van der Waals surface area contributed by atoms with Gasteiger partial charge in [-0.2, -0.15) is 5.26 Å². The van der Waals surface area contributed by atoms with Gasteiger partial charge in [-0.15, -0.1) is 11.3 Å². The van der Waals surface area contributed by atoms with E-state index in [1.54, 1.807) is 11.3 Å². The molecule has 1 fully saturated rings. The number of thiazole rings is 1. The van der Waals surface area contributed by atoms with E-state index in [2.05, 4.69) is 41.0 Å². The van der Waals surface area contributed by atoms with Crippen LogP contribution in [-0.2, 0) is 13.0 Å². The van der Waals surface area contributed by atoms with Gasteiger partial charge in [-0.1, -0.05) is 19.1 Å². The van der Waals surface area contributed by atoms with Gasteiger partial charge in [0.1, 0.15) is 16.8 Å². The number of ether oxygens (including phenoxy) is 1. The van der Waals surface area contributed by atoms with Crippen LogP contribution in [0.5, 0.6) is 5.75 Å². The Balaban J connectivity index is 1.48. The molecule has 0 saturated carbocycles. The molecule has 5 nitrogen and oxygen atoms in total. The number of piperazine rings is 1. The van der Waals surface area contributed by atoms with E-state index < -0.39 is 0 Å². The quantitative estimate of drug-likeness (QED) is 0.571. The summed E-state index contributed by atoms with van der Waals surface area (Å²) in [5.41, 5.74) is 3.94. The van der Waals surface area contributed by atoms with Gasteiger partial charge in [-0.05, 0) is 44.0 Å². The van der Waals surface area contributed by atoms with Crippen LogP contribution < -0.4 is 9.64 Å². The predicted octanol–water partition coefficient (Wildman–Crippen LogP) is 4.84. The van der Waals surface area contributed by atoms with E-state index in [1.165, 1.54) is 9.71 Å². The zero-order valence-corrected chi connectivity index (χ0v) is 18.7. The number of aryl methyl sites for hydroxylation is 1. The van der Waals surface area contributed by atoms with Crippen molar-refractivity contribution < 1.29 is 4.74 Å². The van der Waals surface area contributed by atoms with Crippen LogP contribution in [0, 0.1) is 11.3 Å². The number of nitriles is 1. The standard InChI is InChI=1S/C24H28N4OS/c1-4-18-13-19(29-17(2)3)14-22(20(18)15-25)28-11-9-27(10-12-28)16-24-26-21-7-5-6-8-23(21)30-24/h5-8,13-14,17H,4,9-12,16H2,1-3H3. The van der Waals surface area contributed by atoms with Crippen LogP contribution in [-0.4, -0.2) is 42.2 Å². The van der Waals surface area contributed by atoms with E-state index in [1.807, 2.05) is 32.0 Å². The molecule has 3 aromatic rings. The maximum atomic E-state index is 9.81. The zero-order chi connectivity index (χ0) is 21.1. The Morgan fingerprint density at radius 1 is 1.17 bits per heavy atom. The summed E-state index contributed by atoms with van der Waals surface area (Å²) >= 11 is 1.78. The minimum absolute atomic E-state index is 0.112. The molecular formula is C24H28N4OS. The third kappa shape index (κ3) is 4.43. The molecule has 6 heteroatoms. The third-order valence-electron chi connectivity index (χ3n) is 5.45. The number of anilines is 1. The van der Waals surface area contributed by atoms with Gasteiger partial charge in [0, 0.05) is 32.2 Å². The van der Waals surface area contributed by atoms with Crippen molar-refractivity contribution in [1.29, 1.82) is 5.26 Å². The number of para-hydroxylation sites is 1. The topological polar surface area (TPSA) is 52.4 Å². The van der Waals surface area contributed by atoms with E-state index in [9.17, 15) is 5.26 Å². The molecule has 0 aliphatic carbocycles. The Kier molecular flexibility index (Phi) is 6.21. The Hall–Kier alpha value is -2.62. The first kappa shape index (κ1) is 20.6. The van der Waals surface area contributed by atoms with Crippen molar-refractivity contribution in [1.82, 2.24) is 9.88 Å². The number of fused-ring (bicyclic) bond motifs is 1. The van der Waals surface area contributed by atoms with E-state index in [0.717, 1.165) is 67.2 Å². The molecule has 0 bridgehead atoms. The van der Waals surface area contributed by atoms with E-state index in [-0.39, 0.29) is 6.10 Å². The lowest BCUT2D eigenvalue weighted by Crippen LogP contribution is -2.46. The molecule has 0 amide bonds. The lowest BCUT2D eigenvalue weighted by Gasteiger charge is -2.36. The highest BCUT2D eigenvalue weighted by molar-refractivity contribution is 7.18. The van der Waals surface area contributed by atoms with Gasteiger partial charge in [0.2, 0.25) is 0 Å². The van der Waals surface area contributed by atoms with Gasteiger partial charge >= 0.3 is 0 Å². The van der Waals surface area contributed by atoms with Crippen LogP contribution in [0.15, 0.2) is 36.4 Å². The monoisotopic (exact) mass is 420 g/mol. The number of nitrogens with zero attached hydrogens (tertiary/aromatic N) is 4. The van der Waals surface area contributed by atoms with Crippen LogP contribution in [0.1, 0.15) is 36.9 Å². The van der Waals surface area contributed by atoms with Gasteiger partial charge in [-0.3, -0.25) is 4.90 Å². The third-order valence-corrected chi connectivity index (χ3v) is 6.47. The average molecular weight is 421 g/mol. The molecule has 0 radical (unpaired) electrons. The molecule has 1 aliphatic heterocycles. The molecule has 2 heterocycles. The molecule has 4 rings (SSSR count). The van der Waals surface area contributed by atoms with Crippen LogP contribution in [0.2, 0.25) is 0 Å². The first-order valence-corrected chi connectivity index (χ1v) is 11.4. The summed E-state index contributed by atoms with van der Waals surface area (Å²) in [6.45, 7) is 10.7. The molecule has 0 spiro atoms. The van der Waals surface area contributed by atoms with Crippen molar-refractivity contribution in [3.63, 3.8) is 0 Å². The fourth-order valence-electron chi connectivity index (χ4n) is 3.98. The number of hydrogen-bond donors (Lipinski definition) is 0. The van der Waals surface area contributed by atoms with Gasteiger partial charge < -0.3 is 9.64 Å². The Bertz CT molecular complexity index is 1030. The SMILES string of the molecule is CCc1cc(OC(C)C)cc(N2CCN(Cc3nc4ccccc4s3)CC2)c1C#N. The second kappa shape index (κ2) is 9.03. The number of aromatic nitrogens is 1. The number of hydrogen-bond acceptors (Lipinski definition) is 6. The van der Waals surface area contributed by atoms with Crippen molar-refractivity contribution in [3.05, 3.63) is 52.5 Å². The second-order valence-electron chi connectivity index (χ2n) is 7.95. The summed E-state index contributed by atoms with van der Waals surface area (Å²) in [5.74, 6) is 0.854. The highest BCUT2D eigenvalue weighted by Crippen LogP contribution is 2.31. The maximum absolute atomic E-state index is 9.81. The van der Waals surface area contributed by atoms with E-state index in [4.69, 9.17) is 9.72 Å². The molecule has 1 aliphatic rings. The maximum Gasteiger partial charge on any atom is 0.122 e. The van der Waals surface area contributed by atoms with Crippen molar-refractivity contribution in [3.8, 4) is 11.8 Å². The average Bonchev–Trinajstić information content (AvgIpc) is 3.15. The fraction of sp³-hybridized carbons (Fsp3) is 0.417. The molecule has 1 aromatic heterocycles. The summed E-state index contributed by atoms with van der Waals surface area (Å²) in [6, 6.07) is 14.8. The lowest BCUT2D eigenvalue weighted by molar-refractivity contribution is 0.241. The highest BCUT2D eigenvalue weighted by Gasteiger charge is 2.22. The van der Waals surface area contributed by atoms with Crippen molar-refractivity contribution in [2.75, 3.05) is 31.1 Å². The normalized spacial score (nSPS) is 15.0.